The predicted molar refractivity (Wildman–Crippen MR) is 73.9 cm³/mol. The van der Waals surface area contributed by atoms with Crippen LogP contribution in [0.3, 0.4) is 0 Å². The van der Waals surface area contributed by atoms with Crippen molar-refractivity contribution in [3.8, 4) is 0 Å². The molecule has 0 aliphatic heterocycles. The standard InChI is InChI=1S/C13H21FN4/c1-4-18(12-7-5-6-11(14)8-12)13(17-15)16-9-10(2)3/h5-8,10H,4,9,15H2,1-3H3,(H,16,17). The molecule has 0 atom stereocenters. The summed E-state index contributed by atoms with van der Waals surface area (Å²) in [6.45, 7) is 7.45. The summed E-state index contributed by atoms with van der Waals surface area (Å²) in [5.41, 5.74) is 3.31. The number of rotatable bonds is 4. The van der Waals surface area contributed by atoms with Crippen molar-refractivity contribution in [2.75, 3.05) is 18.0 Å². The van der Waals surface area contributed by atoms with E-state index in [0.717, 1.165) is 5.69 Å². The van der Waals surface area contributed by atoms with Crippen molar-refractivity contribution in [1.29, 1.82) is 0 Å². The summed E-state index contributed by atoms with van der Waals surface area (Å²) in [7, 11) is 0. The van der Waals surface area contributed by atoms with Gasteiger partial charge in [0.15, 0.2) is 0 Å². The zero-order chi connectivity index (χ0) is 13.5. The van der Waals surface area contributed by atoms with Crippen molar-refractivity contribution in [3.63, 3.8) is 0 Å². The quantitative estimate of drug-likeness (QED) is 0.373. The molecule has 18 heavy (non-hydrogen) atoms. The number of hydrogen-bond acceptors (Lipinski definition) is 2. The molecular weight excluding hydrogens is 231 g/mol. The van der Waals surface area contributed by atoms with Crippen molar-refractivity contribution >= 4 is 11.6 Å². The van der Waals surface area contributed by atoms with Gasteiger partial charge in [-0.2, -0.15) is 0 Å². The average molecular weight is 252 g/mol. The fourth-order valence-electron chi connectivity index (χ4n) is 1.58. The van der Waals surface area contributed by atoms with Crippen molar-refractivity contribution in [1.82, 2.24) is 5.43 Å². The molecular formula is C13H21FN4. The lowest BCUT2D eigenvalue weighted by Gasteiger charge is -2.24. The maximum absolute atomic E-state index is 13.2. The van der Waals surface area contributed by atoms with Crippen LogP contribution in [0.25, 0.3) is 0 Å². The van der Waals surface area contributed by atoms with E-state index in [4.69, 9.17) is 5.84 Å². The van der Waals surface area contributed by atoms with E-state index in [1.807, 2.05) is 17.9 Å². The zero-order valence-corrected chi connectivity index (χ0v) is 11.2. The van der Waals surface area contributed by atoms with Crippen LogP contribution in [0.15, 0.2) is 29.3 Å². The molecule has 0 amide bonds. The Morgan fingerprint density at radius 3 is 2.72 bits per heavy atom. The van der Waals surface area contributed by atoms with Crippen LogP contribution in [-0.2, 0) is 0 Å². The number of anilines is 1. The molecule has 0 unspecified atom stereocenters. The highest BCUT2D eigenvalue weighted by Gasteiger charge is 2.11. The topological polar surface area (TPSA) is 53.6 Å². The van der Waals surface area contributed by atoms with Gasteiger partial charge in [0.25, 0.3) is 0 Å². The molecule has 0 spiro atoms. The molecule has 4 nitrogen and oxygen atoms in total. The van der Waals surface area contributed by atoms with Gasteiger partial charge in [-0.15, -0.1) is 0 Å². The first-order chi connectivity index (χ1) is 8.58. The van der Waals surface area contributed by atoms with Crippen LogP contribution in [0.1, 0.15) is 20.8 Å². The highest BCUT2D eigenvalue weighted by atomic mass is 19.1. The van der Waals surface area contributed by atoms with Gasteiger partial charge in [0, 0.05) is 18.8 Å². The third-order valence-electron chi connectivity index (χ3n) is 2.43. The van der Waals surface area contributed by atoms with E-state index < -0.39 is 0 Å². The number of nitrogens with one attached hydrogen (secondary N) is 1. The predicted octanol–water partition coefficient (Wildman–Crippen LogP) is 2.13. The van der Waals surface area contributed by atoms with Crippen molar-refractivity contribution in [2.24, 2.45) is 16.8 Å². The summed E-state index contributed by atoms with van der Waals surface area (Å²) in [5.74, 6) is 6.22. The van der Waals surface area contributed by atoms with Crippen LogP contribution in [0.4, 0.5) is 10.1 Å². The van der Waals surface area contributed by atoms with E-state index in [1.165, 1.54) is 12.1 Å². The molecule has 0 heterocycles. The molecule has 0 aromatic heterocycles. The Labute approximate surface area is 108 Å². The molecule has 1 aromatic rings. The summed E-state index contributed by atoms with van der Waals surface area (Å²) < 4.78 is 13.2. The van der Waals surface area contributed by atoms with Gasteiger partial charge in [0.2, 0.25) is 5.96 Å². The Morgan fingerprint density at radius 2 is 2.22 bits per heavy atom. The third-order valence-corrected chi connectivity index (χ3v) is 2.43. The third kappa shape index (κ3) is 4.00. The van der Waals surface area contributed by atoms with Gasteiger partial charge < -0.3 is 4.90 Å². The molecule has 0 radical (unpaired) electrons. The molecule has 3 N–H and O–H groups in total. The number of aliphatic imine (C=N–C) groups is 1. The summed E-state index contributed by atoms with van der Waals surface area (Å²) in [6, 6.07) is 6.38. The number of hydrazine groups is 1. The smallest absolute Gasteiger partial charge is 0.212 e. The van der Waals surface area contributed by atoms with Gasteiger partial charge in [0.1, 0.15) is 5.82 Å². The Morgan fingerprint density at radius 1 is 1.50 bits per heavy atom. The lowest BCUT2D eigenvalue weighted by molar-refractivity contribution is 0.627. The zero-order valence-electron chi connectivity index (χ0n) is 11.2. The lowest BCUT2D eigenvalue weighted by Crippen LogP contribution is -2.45. The van der Waals surface area contributed by atoms with Crippen LogP contribution in [0, 0.1) is 11.7 Å². The van der Waals surface area contributed by atoms with Crippen LogP contribution >= 0.6 is 0 Å². The molecule has 1 rings (SSSR count). The van der Waals surface area contributed by atoms with Crippen LogP contribution in [0.5, 0.6) is 0 Å². The van der Waals surface area contributed by atoms with Crippen LogP contribution in [-0.4, -0.2) is 19.0 Å². The van der Waals surface area contributed by atoms with E-state index in [1.54, 1.807) is 6.07 Å². The summed E-state index contributed by atoms with van der Waals surface area (Å²) >= 11 is 0. The lowest BCUT2D eigenvalue weighted by atomic mass is 10.2. The molecule has 0 saturated heterocycles. The van der Waals surface area contributed by atoms with Crippen molar-refractivity contribution in [3.05, 3.63) is 30.1 Å². The number of benzene rings is 1. The van der Waals surface area contributed by atoms with Crippen LogP contribution in [0.2, 0.25) is 0 Å². The van der Waals surface area contributed by atoms with Gasteiger partial charge in [-0.05, 0) is 31.0 Å². The monoisotopic (exact) mass is 252 g/mol. The Balaban J connectivity index is 2.96. The SMILES string of the molecule is CCN(C(=NCC(C)C)NN)c1cccc(F)c1. The highest BCUT2D eigenvalue weighted by molar-refractivity contribution is 5.95. The molecule has 0 aliphatic rings. The van der Waals surface area contributed by atoms with Gasteiger partial charge in [-0.3, -0.25) is 10.4 Å². The number of halogens is 1. The maximum Gasteiger partial charge on any atom is 0.212 e. The number of hydrogen-bond donors (Lipinski definition) is 2. The molecule has 0 saturated carbocycles. The largest absolute Gasteiger partial charge is 0.312 e. The molecule has 0 bridgehead atoms. The fraction of sp³-hybridized carbons (Fsp3) is 0.462. The Bertz CT molecular complexity index is 404. The molecule has 5 heteroatoms. The first-order valence-electron chi connectivity index (χ1n) is 6.12. The highest BCUT2D eigenvalue weighted by Crippen LogP contribution is 2.15. The Kier molecular flexibility index (Phi) is 5.58. The van der Waals surface area contributed by atoms with E-state index in [0.29, 0.717) is 25.0 Å². The normalized spacial score (nSPS) is 11.8. The van der Waals surface area contributed by atoms with Crippen LogP contribution < -0.4 is 16.2 Å². The second kappa shape index (κ2) is 6.96. The minimum absolute atomic E-state index is 0.272. The van der Waals surface area contributed by atoms with E-state index in [-0.39, 0.29) is 5.82 Å². The van der Waals surface area contributed by atoms with Gasteiger partial charge in [0.05, 0.1) is 0 Å². The average Bonchev–Trinajstić information content (AvgIpc) is 2.34. The minimum Gasteiger partial charge on any atom is -0.312 e. The number of guanidine groups is 1. The van der Waals surface area contributed by atoms with E-state index >= 15 is 0 Å². The van der Waals surface area contributed by atoms with Crippen molar-refractivity contribution in [2.45, 2.75) is 20.8 Å². The van der Waals surface area contributed by atoms with E-state index in [9.17, 15) is 4.39 Å². The fourth-order valence-corrected chi connectivity index (χ4v) is 1.58. The first-order valence-corrected chi connectivity index (χ1v) is 6.12. The molecule has 1 aromatic carbocycles. The summed E-state index contributed by atoms with van der Waals surface area (Å²) in [6.07, 6.45) is 0. The molecule has 0 aliphatic carbocycles. The maximum atomic E-state index is 13.2. The minimum atomic E-state index is -0.272. The number of nitrogens with zero attached hydrogens (tertiary/aromatic N) is 2. The Hall–Kier alpha value is -1.62. The number of nitrogens with two attached hydrogens (primary N) is 1. The molecule has 0 fully saturated rings. The van der Waals surface area contributed by atoms with Gasteiger partial charge >= 0.3 is 0 Å². The van der Waals surface area contributed by atoms with Gasteiger partial charge in [-0.1, -0.05) is 19.9 Å². The van der Waals surface area contributed by atoms with Gasteiger partial charge in [-0.25, -0.2) is 10.2 Å². The molecule has 100 valence electrons. The first kappa shape index (κ1) is 14.4. The van der Waals surface area contributed by atoms with E-state index in [2.05, 4.69) is 24.3 Å². The summed E-state index contributed by atoms with van der Waals surface area (Å²) in [4.78, 5) is 6.24. The van der Waals surface area contributed by atoms with Crippen molar-refractivity contribution < 1.29 is 4.39 Å². The summed E-state index contributed by atoms with van der Waals surface area (Å²) in [5, 5.41) is 0. The second-order valence-corrected chi connectivity index (χ2v) is 4.43. The second-order valence-electron chi connectivity index (χ2n) is 4.43.